The van der Waals surface area contributed by atoms with Gasteiger partial charge in [-0.25, -0.2) is 0 Å². The molecule has 1 aliphatic heterocycles. The maximum Gasteiger partial charge on any atom is 0.165 e. The third-order valence-corrected chi connectivity index (χ3v) is 3.20. The maximum atomic E-state index is 5.98. The minimum absolute atomic E-state index is 0.404. The van der Waals surface area contributed by atoms with Crippen molar-refractivity contribution in [3.8, 4) is 23.0 Å². The minimum atomic E-state index is 0.404. The molecule has 5 nitrogen and oxygen atoms in total. The Morgan fingerprint density at radius 2 is 1.86 bits per heavy atom. The van der Waals surface area contributed by atoms with Crippen LogP contribution >= 0.6 is 0 Å². The van der Waals surface area contributed by atoms with E-state index in [-0.39, 0.29) is 0 Å². The zero-order valence-electron chi connectivity index (χ0n) is 11.8. The molecule has 0 atom stereocenters. The van der Waals surface area contributed by atoms with E-state index in [1.165, 1.54) is 0 Å². The molecule has 21 heavy (non-hydrogen) atoms. The first kappa shape index (κ1) is 13.4. The Morgan fingerprint density at radius 1 is 1.10 bits per heavy atom. The van der Waals surface area contributed by atoms with Gasteiger partial charge in [-0.1, -0.05) is 12.1 Å². The summed E-state index contributed by atoms with van der Waals surface area (Å²) in [5.41, 5.74) is 7.51. The molecule has 0 amide bonds. The van der Waals surface area contributed by atoms with Crippen molar-refractivity contribution in [2.24, 2.45) is 0 Å². The number of nitrogen functional groups attached to an aromatic ring is 1. The van der Waals surface area contributed by atoms with Gasteiger partial charge >= 0.3 is 0 Å². The van der Waals surface area contributed by atoms with Crippen LogP contribution in [0.1, 0.15) is 5.56 Å². The van der Waals surface area contributed by atoms with Gasteiger partial charge in [0.05, 0.1) is 12.8 Å². The lowest BCUT2D eigenvalue weighted by molar-refractivity contribution is 0.170. The monoisotopic (exact) mass is 287 g/mol. The SMILES string of the molecule is COc1cccc(COc2cc3c(cc2N)OCCO3)c1. The lowest BCUT2D eigenvalue weighted by Gasteiger charge is -2.20. The van der Waals surface area contributed by atoms with Gasteiger partial charge in [0.15, 0.2) is 11.5 Å². The Morgan fingerprint density at radius 3 is 2.62 bits per heavy atom. The molecule has 0 radical (unpaired) electrons. The van der Waals surface area contributed by atoms with Gasteiger partial charge in [0, 0.05) is 12.1 Å². The van der Waals surface area contributed by atoms with Crippen LogP contribution < -0.4 is 24.7 Å². The lowest BCUT2D eigenvalue weighted by Crippen LogP contribution is -2.15. The normalized spacial score (nSPS) is 12.8. The predicted molar refractivity (Wildman–Crippen MR) is 79.2 cm³/mol. The highest BCUT2D eigenvalue weighted by Crippen LogP contribution is 2.38. The molecule has 0 saturated heterocycles. The lowest BCUT2D eigenvalue weighted by atomic mass is 10.2. The molecule has 0 saturated carbocycles. The van der Waals surface area contributed by atoms with Crippen LogP contribution in [-0.2, 0) is 6.61 Å². The molecule has 2 aromatic carbocycles. The van der Waals surface area contributed by atoms with E-state index in [4.69, 9.17) is 24.7 Å². The molecule has 1 aliphatic rings. The molecule has 3 rings (SSSR count). The number of nitrogens with two attached hydrogens (primary N) is 1. The van der Waals surface area contributed by atoms with Crippen molar-refractivity contribution in [2.75, 3.05) is 26.1 Å². The highest BCUT2D eigenvalue weighted by atomic mass is 16.6. The molecule has 0 unspecified atom stereocenters. The van der Waals surface area contributed by atoms with Gasteiger partial charge in [0.2, 0.25) is 0 Å². The van der Waals surface area contributed by atoms with Crippen molar-refractivity contribution in [2.45, 2.75) is 6.61 Å². The van der Waals surface area contributed by atoms with Gasteiger partial charge in [0.25, 0.3) is 0 Å². The van der Waals surface area contributed by atoms with Gasteiger partial charge in [-0.2, -0.15) is 0 Å². The van der Waals surface area contributed by atoms with Crippen molar-refractivity contribution >= 4 is 5.69 Å². The van der Waals surface area contributed by atoms with E-state index < -0.39 is 0 Å². The van der Waals surface area contributed by atoms with E-state index in [2.05, 4.69) is 0 Å². The van der Waals surface area contributed by atoms with Crippen LogP contribution in [0, 0.1) is 0 Å². The molecule has 2 aromatic rings. The average Bonchev–Trinajstić information content (AvgIpc) is 2.53. The zero-order chi connectivity index (χ0) is 14.7. The van der Waals surface area contributed by atoms with E-state index in [0.29, 0.717) is 42.8 Å². The van der Waals surface area contributed by atoms with Crippen LogP contribution in [0.2, 0.25) is 0 Å². The van der Waals surface area contributed by atoms with Gasteiger partial charge in [-0.15, -0.1) is 0 Å². The third-order valence-electron chi connectivity index (χ3n) is 3.20. The van der Waals surface area contributed by atoms with Gasteiger partial charge in [-0.3, -0.25) is 0 Å². The summed E-state index contributed by atoms with van der Waals surface area (Å²) >= 11 is 0. The van der Waals surface area contributed by atoms with E-state index >= 15 is 0 Å². The Kier molecular flexibility index (Phi) is 3.73. The molecule has 0 fully saturated rings. The number of hydrogen-bond acceptors (Lipinski definition) is 5. The summed E-state index contributed by atoms with van der Waals surface area (Å²) in [4.78, 5) is 0. The largest absolute Gasteiger partial charge is 0.497 e. The van der Waals surface area contributed by atoms with Gasteiger partial charge < -0.3 is 24.7 Å². The molecule has 0 aromatic heterocycles. The summed E-state index contributed by atoms with van der Waals surface area (Å²) in [5, 5.41) is 0. The minimum Gasteiger partial charge on any atom is -0.497 e. The molecule has 0 aliphatic carbocycles. The van der Waals surface area contributed by atoms with Crippen molar-refractivity contribution in [3.05, 3.63) is 42.0 Å². The van der Waals surface area contributed by atoms with Crippen molar-refractivity contribution in [3.63, 3.8) is 0 Å². The van der Waals surface area contributed by atoms with Gasteiger partial charge in [0.1, 0.15) is 31.3 Å². The Balaban J connectivity index is 1.75. The van der Waals surface area contributed by atoms with Crippen LogP contribution in [0.4, 0.5) is 5.69 Å². The second kappa shape index (κ2) is 5.83. The number of ether oxygens (including phenoxy) is 4. The quantitative estimate of drug-likeness (QED) is 0.876. The molecule has 0 spiro atoms. The number of anilines is 1. The number of benzene rings is 2. The van der Waals surface area contributed by atoms with Crippen LogP contribution in [0.15, 0.2) is 36.4 Å². The molecule has 5 heteroatoms. The summed E-state index contributed by atoms with van der Waals surface area (Å²) in [6.45, 7) is 1.48. The molecule has 1 heterocycles. The standard InChI is InChI=1S/C16H17NO4/c1-18-12-4-2-3-11(7-12)10-21-14-9-16-15(8-13(14)17)19-5-6-20-16/h2-4,7-9H,5-6,10,17H2,1H3. The maximum absolute atomic E-state index is 5.98. The first-order valence-electron chi connectivity index (χ1n) is 6.71. The van der Waals surface area contributed by atoms with Crippen LogP contribution in [0.25, 0.3) is 0 Å². The summed E-state index contributed by atoms with van der Waals surface area (Å²) in [6, 6.07) is 11.2. The Hall–Kier alpha value is -2.56. The van der Waals surface area contributed by atoms with Crippen molar-refractivity contribution in [1.29, 1.82) is 0 Å². The number of hydrogen-bond donors (Lipinski definition) is 1. The number of methoxy groups -OCH3 is 1. The van der Waals surface area contributed by atoms with Crippen LogP contribution in [-0.4, -0.2) is 20.3 Å². The third kappa shape index (κ3) is 2.97. The predicted octanol–water partition coefficient (Wildman–Crippen LogP) is 2.63. The fraction of sp³-hybridized carbons (Fsp3) is 0.250. The van der Waals surface area contributed by atoms with Crippen LogP contribution in [0.3, 0.4) is 0 Å². The highest BCUT2D eigenvalue weighted by molar-refractivity contribution is 5.62. The van der Waals surface area contributed by atoms with Gasteiger partial charge in [-0.05, 0) is 17.7 Å². The first-order valence-corrected chi connectivity index (χ1v) is 6.71. The molecular formula is C16H17NO4. The first-order chi connectivity index (χ1) is 10.3. The smallest absolute Gasteiger partial charge is 0.165 e. The average molecular weight is 287 g/mol. The number of rotatable bonds is 4. The van der Waals surface area contributed by atoms with E-state index in [1.54, 1.807) is 19.2 Å². The zero-order valence-corrected chi connectivity index (χ0v) is 11.8. The fourth-order valence-electron chi connectivity index (χ4n) is 2.13. The topological polar surface area (TPSA) is 62.9 Å². The summed E-state index contributed by atoms with van der Waals surface area (Å²) in [6.07, 6.45) is 0. The van der Waals surface area contributed by atoms with E-state index in [1.807, 2.05) is 24.3 Å². The number of fused-ring (bicyclic) bond motifs is 1. The summed E-state index contributed by atoms with van der Waals surface area (Å²) < 4.78 is 22.0. The molecule has 0 bridgehead atoms. The second-order valence-corrected chi connectivity index (χ2v) is 4.67. The van der Waals surface area contributed by atoms with Crippen molar-refractivity contribution in [1.82, 2.24) is 0 Å². The van der Waals surface area contributed by atoms with Crippen molar-refractivity contribution < 1.29 is 18.9 Å². The second-order valence-electron chi connectivity index (χ2n) is 4.67. The van der Waals surface area contributed by atoms with E-state index in [9.17, 15) is 0 Å². The Labute approximate surface area is 123 Å². The highest BCUT2D eigenvalue weighted by Gasteiger charge is 2.15. The molecule has 110 valence electrons. The summed E-state index contributed by atoms with van der Waals surface area (Å²) in [7, 11) is 1.64. The Bertz CT molecular complexity index is 642. The fourth-order valence-corrected chi connectivity index (χ4v) is 2.13. The molecular weight excluding hydrogens is 270 g/mol. The summed E-state index contributed by atoms with van der Waals surface area (Å²) in [5.74, 6) is 2.71. The van der Waals surface area contributed by atoms with Crippen LogP contribution in [0.5, 0.6) is 23.0 Å². The molecule has 2 N–H and O–H groups in total. The van der Waals surface area contributed by atoms with E-state index in [0.717, 1.165) is 11.3 Å².